The van der Waals surface area contributed by atoms with Gasteiger partial charge >= 0.3 is 6.61 Å². The van der Waals surface area contributed by atoms with Gasteiger partial charge in [-0.25, -0.2) is 9.97 Å². The Bertz CT molecular complexity index is 834. The number of aromatic nitrogens is 2. The highest BCUT2D eigenvalue weighted by molar-refractivity contribution is 7.18. The van der Waals surface area contributed by atoms with Crippen molar-refractivity contribution in [1.29, 1.82) is 0 Å². The van der Waals surface area contributed by atoms with E-state index in [4.69, 9.17) is 11.6 Å². The number of alkyl halides is 2. The average molecular weight is 341 g/mol. The molecule has 7 heteroatoms. The molecule has 0 bridgehead atoms. The van der Waals surface area contributed by atoms with Crippen LogP contribution in [0.3, 0.4) is 0 Å². The molecule has 0 atom stereocenters. The maximum atomic E-state index is 12.1. The smallest absolute Gasteiger partial charge is 0.387 e. The molecule has 1 aromatic carbocycles. The number of rotatable bonds is 3. The van der Waals surface area contributed by atoms with E-state index in [9.17, 15) is 8.78 Å². The van der Waals surface area contributed by atoms with E-state index in [0.29, 0.717) is 16.5 Å². The van der Waals surface area contributed by atoms with Gasteiger partial charge in [0.05, 0.1) is 5.39 Å². The number of halogens is 3. The Kier molecular flexibility index (Phi) is 3.97. The van der Waals surface area contributed by atoms with Gasteiger partial charge in [0, 0.05) is 10.4 Å². The van der Waals surface area contributed by atoms with E-state index in [2.05, 4.69) is 14.7 Å². The van der Waals surface area contributed by atoms with Crippen molar-refractivity contribution in [2.75, 3.05) is 0 Å². The summed E-state index contributed by atoms with van der Waals surface area (Å²) in [5.41, 5.74) is 1.77. The third-order valence-corrected chi connectivity index (χ3v) is 4.70. The Morgan fingerprint density at radius 3 is 2.45 bits per heavy atom. The van der Waals surface area contributed by atoms with Crippen LogP contribution in [0.25, 0.3) is 21.6 Å². The predicted octanol–water partition coefficient (Wildman–Crippen LogP) is 5.23. The van der Waals surface area contributed by atoms with E-state index in [1.165, 1.54) is 12.1 Å². The fraction of sp³-hybridized carbons (Fsp3) is 0.200. The van der Waals surface area contributed by atoms with Crippen molar-refractivity contribution in [2.24, 2.45) is 0 Å². The molecule has 22 heavy (non-hydrogen) atoms. The summed E-state index contributed by atoms with van der Waals surface area (Å²) in [6.45, 7) is 1.15. The third kappa shape index (κ3) is 2.76. The van der Waals surface area contributed by atoms with Crippen molar-refractivity contribution in [3.8, 4) is 17.1 Å². The number of aryl methyl sites for hydroxylation is 2. The number of benzene rings is 1. The number of fused-ring (bicyclic) bond motifs is 1. The highest BCUT2D eigenvalue weighted by Crippen LogP contribution is 2.34. The summed E-state index contributed by atoms with van der Waals surface area (Å²) in [4.78, 5) is 10.8. The van der Waals surface area contributed by atoms with Gasteiger partial charge in [0.15, 0.2) is 5.82 Å². The fourth-order valence-corrected chi connectivity index (χ4v) is 3.51. The number of nitrogens with zero attached hydrogens (tertiary/aromatic N) is 2. The van der Waals surface area contributed by atoms with Crippen molar-refractivity contribution in [3.63, 3.8) is 0 Å². The molecule has 3 nitrogen and oxygen atoms in total. The van der Waals surface area contributed by atoms with E-state index in [1.807, 2.05) is 13.8 Å². The molecule has 0 aliphatic heterocycles. The molecule has 2 aromatic heterocycles. The first-order valence-corrected chi connectivity index (χ1v) is 7.63. The Hall–Kier alpha value is -1.79. The first-order valence-electron chi connectivity index (χ1n) is 6.44. The van der Waals surface area contributed by atoms with E-state index in [-0.39, 0.29) is 5.75 Å². The summed E-state index contributed by atoms with van der Waals surface area (Å²) in [6, 6.07) is 6.16. The van der Waals surface area contributed by atoms with Gasteiger partial charge in [0.2, 0.25) is 0 Å². The van der Waals surface area contributed by atoms with E-state index < -0.39 is 6.61 Å². The van der Waals surface area contributed by atoms with Gasteiger partial charge in [0.25, 0.3) is 0 Å². The molecule has 0 saturated heterocycles. The fourth-order valence-electron chi connectivity index (χ4n) is 2.12. The molecule has 0 fully saturated rings. The number of thiophene rings is 1. The van der Waals surface area contributed by atoms with Gasteiger partial charge in [-0.2, -0.15) is 8.78 Å². The normalized spacial score (nSPS) is 11.4. The lowest BCUT2D eigenvalue weighted by molar-refractivity contribution is -0.0498. The zero-order valence-electron chi connectivity index (χ0n) is 11.7. The summed E-state index contributed by atoms with van der Waals surface area (Å²) < 4.78 is 28.6. The maximum absolute atomic E-state index is 12.1. The third-order valence-electron chi connectivity index (χ3n) is 3.32. The lowest BCUT2D eigenvalue weighted by Crippen LogP contribution is -2.01. The van der Waals surface area contributed by atoms with Crippen molar-refractivity contribution in [1.82, 2.24) is 9.97 Å². The minimum absolute atomic E-state index is 0.0914. The molecule has 3 rings (SSSR count). The van der Waals surface area contributed by atoms with Crippen LogP contribution in [0.5, 0.6) is 5.75 Å². The highest BCUT2D eigenvalue weighted by atomic mass is 35.5. The topological polar surface area (TPSA) is 35.0 Å². The van der Waals surface area contributed by atoms with Gasteiger partial charge in [-0.1, -0.05) is 11.6 Å². The minimum Gasteiger partial charge on any atom is -0.435 e. The van der Waals surface area contributed by atoms with Gasteiger partial charge in [-0.05, 0) is 43.7 Å². The van der Waals surface area contributed by atoms with Crippen molar-refractivity contribution in [2.45, 2.75) is 20.5 Å². The molecule has 0 spiro atoms. The first-order chi connectivity index (χ1) is 10.5. The van der Waals surface area contributed by atoms with Gasteiger partial charge < -0.3 is 4.74 Å². The quantitative estimate of drug-likeness (QED) is 0.612. The molecule has 0 amide bonds. The molecular formula is C15H11ClF2N2OS. The van der Waals surface area contributed by atoms with Crippen LogP contribution >= 0.6 is 22.9 Å². The van der Waals surface area contributed by atoms with Gasteiger partial charge in [-0.15, -0.1) is 11.3 Å². The van der Waals surface area contributed by atoms with Gasteiger partial charge in [0.1, 0.15) is 15.7 Å². The van der Waals surface area contributed by atoms with Crippen molar-refractivity contribution < 1.29 is 13.5 Å². The number of hydrogen-bond donors (Lipinski definition) is 0. The monoisotopic (exact) mass is 340 g/mol. The zero-order valence-corrected chi connectivity index (χ0v) is 13.3. The molecule has 0 aliphatic carbocycles. The van der Waals surface area contributed by atoms with E-state index in [1.54, 1.807) is 23.5 Å². The molecule has 0 unspecified atom stereocenters. The lowest BCUT2D eigenvalue weighted by Gasteiger charge is -2.06. The zero-order chi connectivity index (χ0) is 15.9. The van der Waals surface area contributed by atoms with Crippen LogP contribution in [0.4, 0.5) is 8.78 Å². The molecule has 0 saturated carbocycles. The lowest BCUT2D eigenvalue weighted by atomic mass is 10.2. The Labute approximate surface area is 134 Å². The van der Waals surface area contributed by atoms with Crippen LogP contribution in [0.15, 0.2) is 24.3 Å². The number of hydrogen-bond acceptors (Lipinski definition) is 4. The SMILES string of the molecule is Cc1sc2nc(-c3ccc(OC(F)F)cc3)nc(Cl)c2c1C. The van der Waals surface area contributed by atoms with Crippen LogP contribution < -0.4 is 4.74 Å². The Morgan fingerprint density at radius 2 is 1.82 bits per heavy atom. The minimum atomic E-state index is -2.84. The molecule has 0 aliphatic rings. The van der Waals surface area contributed by atoms with E-state index >= 15 is 0 Å². The van der Waals surface area contributed by atoms with Crippen LogP contribution in [-0.4, -0.2) is 16.6 Å². The second kappa shape index (κ2) is 5.78. The Balaban J connectivity index is 2.03. The maximum Gasteiger partial charge on any atom is 0.387 e. The molecule has 0 N–H and O–H groups in total. The second-order valence-electron chi connectivity index (χ2n) is 4.70. The predicted molar refractivity (Wildman–Crippen MR) is 84.0 cm³/mol. The van der Waals surface area contributed by atoms with Crippen molar-refractivity contribution in [3.05, 3.63) is 39.9 Å². The largest absolute Gasteiger partial charge is 0.435 e. The molecule has 0 radical (unpaired) electrons. The van der Waals surface area contributed by atoms with E-state index in [0.717, 1.165) is 20.7 Å². The Morgan fingerprint density at radius 1 is 1.14 bits per heavy atom. The van der Waals surface area contributed by atoms with Crippen LogP contribution in [0.2, 0.25) is 5.15 Å². The first kappa shape index (κ1) is 15.1. The molecule has 114 valence electrons. The van der Waals surface area contributed by atoms with Crippen LogP contribution in [0.1, 0.15) is 10.4 Å². The number of ether oxygens (including phenoxy) is 1. The summed E-state index contributed by atoms with van der Waals surface area (Å²) in [6.07, 6.45) is 0. The summed E-state index contributed by atoms with van der Waals surface area (Å²) in [5, 5.41) is 1.26. The second-order valence-corrected chi connectivity index (χ2v) is 6.27. The van der Waals surface area contributed by atoms with Gasteiger partial charge in [-0.3, -0.25) is 0 Å². The summed E-state index contributed by atoms with van der Waals surface area (Å²) in [7, 11) is 0. The summed E-state index contributed by atoms with van der Waals surface area (Å²) >= 11 is 7.82. The van der Waals surface area contributed by atoms with Crippen LogP contribution in [-0.2, 0) is 0 Å². The summed E-state index contributed by atoms with van der Waals surface area (Å²) in [5.74, 6) is 0.552. The standard InChI is InChI=1S/C15H11ClF2N2OS/c1-7-8(2)22-14-11(7)12(16)19-13(20-14)9-3-5-10(6-4-9)21-15(17)18/h3-6,15H,1-2H3. The van der Waals surface area contributed by atoms with Crippen LogP contribution in [0, 0.1) is 13.8 Å². The van der Waals surface area contributed by atoms with Crippen molar-refractivity contribution >= 4 is 33.2 Å². The molecular weight excluding hydrogens is 330 g/mol. The molecule has 3 aromatic rings. The average Bonchev–Trinajstić information content (AvgIpc) is 2.74. The molecule has 2 heterocycles. The highest BCUT2D eigenvalue weighted by Gasteiger charge is 2.14.